The molecule has 1 saturated heterocycles. The number of aromatic nitrogens is 2. The van der Waals surface area contributed by atoms with Crippen LogP contribution in [0, 0.1) is 5.92 Å². The quantitative estimate of drug-likeness (QED) is 0.445. The number of carbonyl (C=O) groups excluding carboxylic acids is 1. The molecule has 170 valence electrons. The average molecular weight is 443 g/mol. The van der Waals surface area contributed by atoms with Crippen LogP contribution >= 0.6 is 0 Å². The molecule has 1 aromatic heterocycles. The lowest BCUT2D eigenvalue weighted by Gasteiger charge is -2.28. The maximum atomic E-state index is 11.8. The molecule has 1 atom stereocenters. The molecule has 30 heavy (non-hydrogen) atoms. The number of amides is 1. The standard InChI is InChI=1S/C20H34N4O5S/c1-30(27,28)24-12-10-16(11-13-24)19-21-20(29-23-19)17(14-18(25)22-26)9-5-8-15-6-3-2-4-7-15/h15-17,26H,2-14H2,1H3,(H,22,25). The van der Waals surface area contributed by atoms with Crippen LogP contribution in [-0.4, -0.2) is 53.3 Å². The zero-order valence-corrected chi connectivity index (χ0v) is 18.6. The second kappa shape index (κ2) is 10.7. The van der Waals surface area contributed by atoms with Gasteiger partial charge in [-0.25, -0.2) is 18.2 Å². The highest BCUT2D eigenvalue weighted by Crippen LogP contribution is 2.32. The number of hydroxylamine groups is 1. The normalized spacial score (nSPS) is 20.9. The molecule has 2 N–H and O–H groups in total. The van der Waals surface area contributed by atoms with Gasteiger partial charge in [-0.15, -0.1) is 0 Å². The third-order valence-electron chi connectivity index (χ3n) is 6.54. The van der Waals surface area contributed by atoms with Crippen molar-refractivity contribution in [1.82, 2.24) is 19.9 Å². The van der Waals surface area contributed by atoms with Crippen LogP contribution in [0.2, 0.25) is 0 Å². The predicted octanol–water partition coefficient (Wildman–Crippen LogP) is 2.94. The van der Waals surface area contributed by atoms with Crippen LogP contribution in [0.15, 0.2) is 4.52 Å². The Balaban J connectivity index is 1.58. The first-order chi connectivity index (χ1) is 14.4. The fraction of sp³-hybridized carbons (Fsp3) is 0.850. The van der Waals surface area contributed by atoms with Crippen LogP contribution in [0.1, 0.15) is 94.2 Å². The van der Waals surface area contributed by atoms with E-state index in [2.05, 4.69) is 10.1 Å². The van der Waals surface area contributed by atoms with Crippen LogP contribution in [-0.2, 0) is 14.8 Å². The predicted molar refractivity (Wildman–Crippen MR) is 110 cm³/mol. The lowest BCUT2D eigenvalue weighted by atomic mass is 9.84. The summed E-state index contributed by atoms with van der Waals surface area (Å²) >= 11 is 0. The number of nitrogens with zero attached hydrogens (tertiary/aromatic N) is 3. The van der Waals surface area contributed by atoms with Crippen molar-refractivity contribution >= 4 is 15.9 Å². The summed E-state index contributed by atoms with van der Waals surface area (Å²) in [7, 11) is -3.17. The van der Waals surface area contributed by atoms with E-state index >= 15 is 0 Å². The van der Waals surface area contributed by atoms with Crippen molar-refractivity contribution in [3.8, 4) is 0 Å². The van der Waals surface area contributed by atoms with E-state index < -0.39 is 15.9 Å². The van der Waals surface area contributed by atoms with E-state index in [1.54, 1.807) is 5.48 Å². The fourth-order valence-corrected chi connectivity index (χ4v) is 5.61. The Morgan fingerprint density at radius 3 is 2.57 bits per heavy atom. The summed E-state index contributed by atoms with van der Waals surface area (Å²) in [5.41, 5.74) is 1.70. The second-order valence-electron chi connectivity index (χ2n) is 8.80. The summed E-state index contributed by atoms with van der Waals surface area (Å²) in [5, 5.41) is 13.1. The van der Waals surface area contributed by atoms with Crippen molar-refractivity contribution in [2.75, 3.05) is 19.3 Å². The Morgan fingerprint density at radius 1 is 1.23 bits per heavy atom. The van der Waals surface area contributed by atoms with Crippen molar-refractivity contribution in [3.05, 3.63) is 11.7 Å². The topological polar surface area (TPSA) is 126 Å². The molecule has 1 aliphatic carbocycles. The third kappa shape index (κ3) is 6.49. The van der Waals surface area contributed by atoms with E-state index in [-0.39, 0.29) is 18.3 Å². The molecule has 1 unspecified atom stereocenters. The van der Waals surface area contributed by atoms with Gasteiger partial charge in [-0.2, -0.15) is 4.98 Å². The molecule has 1 amide bonds. The van der Waals surface area contributed by atoms with Crippen LogP contribution < -0.4 is 5.48 Å². The van der Waals surface area contributed by atoms with Crippen LogP contribution in [0.3, 0.4) is 0 Å². The minimum atomic E-state index is -3.17. The average Bonchev–Trinajstić information content (AvgIpc) is 3.23. The van der Waals surface area contributed by atoms with Crippen LogP contribution in [0.5, 0.6) is 0 Å². The Kier molecular flexibility index (Phi) is 8.24. The van der Waals surface area contributed by atoms with Gasteiger partial charge >= 0.3 is 0 Å². The summed E-state index contributed by atoms with van der Waals surface area (Å²) < 4.78 is 30.4. The molecule has 3 rings (SSSR count). The van der Waals surface area contributed by atoms with Crippen molar-refractivity contribution in [1.29, 1.82) is 0 Å². The number of carbonyl (C=O) groups is 1. The molecule has 0 aromatic carbocycles. The number of hydrogen-bond acceptors (Lipinski definition) is 7. The lowest BCUT2D eigenvalue weighted by Crippen LogP contribution is -2.37. The molecule has 0 radical (unpaired) electrons. The van der Waals surface area contributed by atoms with Gasteiger partial charge in [-0.1, -0.05) is 50.1 Å². The molecule has 0 spiro atoms. The van der Waals surface area contributed by atoms with Gasteiger partial charge in [0.05, 0.1) is 6.26 Å². The highest BCUT2D eigenvalue weighted by molar-refractivity contribution is 7.88. The number of sulfonamides is 1. The summed E-state index contributed by atoms with van der Waals surface area (Å²) in [4.78, 5) is 16.4. The Morgan fingerprint density at radius 2 is 1.93 bits per heavy atom. The molecule has 1 saturated carbocycles. The smallest absolute Gasteiger partial charge is 0.244 e. The Labute approximate surface area is 178 Å². The summed E-state index contributed by atoms with van der Waals surface area (Å²) in [6.45, 7) is 0.899. The molecule has 1 aliphatic heterocycles. The van der Waals surface area contributed by atoms with E-state index in [1.807, 2.05) is 0 Å². The maximum absolute atomic E-state index is 11.8. The minimum Gasteiger partial charge on any atom is -0.339 e. The third-order valence-corrected chi connectivity index (χ3v) is 7.84. The van der Waals surface area contributed by atoms with Crippen molar-refractivity contribution in [2.24, 2.45) is 5.92 Å². The second-order valence-corrected chi connectivity index (χ2v) is 10.8. The van der Waals surface area contributed by atoms with E-state index in [0.717, 1.165) is 25.2 Å². The zero-order valence-electron chi connectivity index (χ0n) is 17.8. The van der Waals surface area contributed by atoms with Gasteiger partial charge in [0.2, 0.25) is 21.8 Å². The summed E-state index contributed by atoms with van der Waals surface area (Å²) in [5.74, 6) is 1.15. The minimum absolute atomic E-state index is 0.0510. The first-order valence-corrected chi connectivity index (χ1v) is 12.9. The molecular formula is C20H34N4O5S. The SMILES string of the molecule is CS(=O)(=O)N1CCC(c2noc(C(CCCC3CCCCC3)CC(=O)NO)n2)CC1. The number of hydrogen-bond donors (Lipinski definition) is 2. The Hall–Kier alpha value is -1.52. The summed E-state index contributed by atoms with van der Waals surface area (Å²) in [6.07, 6.45) is 12.1. The molecule has 2 aliphatic rings. The molecule has 2 heterocycles. The molecule has 10 heteroatoms. The zero-order chi connectivity index (χ0) is 21.6. The first-order valence-electron chi connectivity index (χ1n) is 11.1. The fourth-order valence-electron chi connectivity index (χ4n) is 4.74. The lowest BCUT2D eigenvalue weighted by molar-refractivity contribution is -0.129. The number of rotatable bonds is 9. The first kappa shape index (κ1) is 23.1. The molecule has 9 nitrogen and oxygen atoms in total. The van der Waals surface area contributed by atoms with Gasteiger partial charge in [0.25, 0.3) is 0 Å². The van der Waals surface area contributed by atoms with E-state index in [9.17, 15) is 13.2 Å². The molecule has 1 aromatic rings. The van der Waals surface area contributed by atoms with Gasteiger partial charge in [0, 0.05) is 31.3 Å². The van der Waals surface area contributed by atoms with Gasteiger partial charge in [-0.3, -0.25) is 10.0 Å². The Bertz CT molecular complexity index is 783. The highest BCUT2D eigenvalue weighted by atomic mass is 32.2. The van der Waals surface area contributed by atoms with Gasteiger partial charge in [0.1, 0.15) is 0 Å². The maximum Gasteiger partial charge on any atom is 0.244 e. The van der Waals surface area contributed by atoms with Gasteiger partial charge < -0.3 is 4.52 Å². The van der Waals surface area contributed by atoms with E-state index in [0.29, 0.717) is 37.6 Å². The largest absolute Gasteiger partial charge is 0.339 e. The van der Waals surface area contributed by atoms with Crippen molar-refractivity contribution < 1.29 is 22.9 Å². The molecule has 2 fully saturated rings. The van der Waals surface area contributed by atoms with E-state index in [4.69, 9.17) is 9.73 Å². The van der Waals surface area contributed by atoms with Crippen molar-refractivity contribution in [3.63, 3.8) is 0 Å². The monoisotopic (exact) mass is 442 g/mol. The van der Waals surface area contributed by atoms with Crippen LogP contribution in [0.4, 0.5) is 0 Å². The number of piperidine rings is 1. The van der Waals surface area contributed by atoms with Crippen LogP contribution in [0.25, 0.3) is 0 Å². The van der Waals surface area contributed by atoms with Gasteiger partial charge in [-0.05, 0) is 25.2 Å². The highest BCUT2D eigenvalue weighted by Gasteiger charge is 2.30. The van der Waals surface area contributed by atoms with E-state index in [1.165, 1.54) is 42.7 Å². The number of nitrogens with one attached hydrogen (secondary N) is 1. The molecular weight excluding hydrogens is 408 g/mol. The molecule has 0 bridgehead atoms. The van der Waals surface area contributed by atoms with Crippen molar-refractivity contribution in [2.45, 2.75) is 82.5 Å². The summed E-state index contributed by atoms with van der Waals surface area (Å²) in [6, 6.07) is 0. The van der Waals surface area contributed by atoms with Gasteiger partial charge in [0.15, 0.2) is 5.82 Å².